The fourth-order valence-corrected chi connectivity index (χ4v) is 1.58. The maximum atomic E-state index is 11.7. The van der Waals surface area contributed by atoms with Gasteiger partial charge in [-0.05, 0) is 30.7 Å². The molecule has 0 bridgehead atoms. The van der Waals surface area contributed by atoms with Crippen LogP contribution in [0.1, 0.15) is 36.2 Å². The molecule has 0 radical (unpaired) electrons. The number of ether oxygens (including phenoxy) is 2. The third-order valence-electron chi connectivity index (χ3n) is 2.54. The van der Waals surface area contributed by atoms with Crippen LogP contribution in [0.3, 0.4) is 0 Å². The molecule has 0 fully saturated rings. The Bertz CT molecular complexity index is 379. The van der Waals surface area contributed by atoms with E-state index in [1.54, 1.807) is 6.07 Å². The molecule has 0 spiro atoms. The van der Waals surface area contributed by atoms with Crippen molar-refractivity contribution < 1.29 is 14.3 Å². The molecule has 1 rings (SSSR count). The third-order valence-corrected chi connectivity index (χ3v) is 2.54. The standard InChI is InChI=1S/C15H23NO3/c1-3-9-19-15(17)14-7-5-6-13(11-14)12-18-10-8-16-4-2/h5-7,11,16H,3-4,8-10,12H2,1-2H3. The molecule has 106 valence electrons. The lowest BCUT2D eigenvalue weighted by Crippen LogP contribution is -2.18. The molecule has 0 aliphatic rings. The topological polar surface area (TPSA) is 47.6 Å². The molecule has 4 nitrogen and oxygen atoms in total. The van der Waals surface area contributed by atoms with E-state index in [9.17, 15) is 4.79 Å². The SMILES string of the molecule is CCCOC(=O)c1cccc(COCCNCC)c1. The van der Waals surface area contributed by atoms with Gasteiger partial charge in [-0.3, -0.25) is 0 Å². The summed E-state index contributed by atoms with van der Waals surface area (Å²) in [7, 11) is 0. The van der Waals surface area contributed by atoms with Crippen molar-refractivity contribution in [3.63, 3.8) is 0 Å². The number of nitrogens with one attached hydrogen (secondary N) is 1. The zero-order valence-corrected chi connectivity index (χ0v) is 11.8. The number of hydrogen-bond donors (Lipinski definition) is 1. The Morgan fingerprint density at radius 1 is 1.26 bits per heavy atom. The molecule has 1 aromatic rings. The van der Waals surface area contributed by atoms with Crippen LogP contribution in [0.25, 0.3) is 0 Å². The fourth-order valence-electron chi connectivity index (χ4n) is 1.58. The van der Waals surface area contributed by atoms with Gasteiger partial charge in [0.25, 0.3) is 0 Å². The van der Waals surface area contributed by atoms with E-state index in [-0.39, 0.29) is 5.97 Å². The number of esters is 1. The second-order valence-electron chi connectivity index (χ2n) is 4.24. The number of benzene rings is 1. The van der Waals surface area contributed by atoms with Gasteiger partial charge in [-0.15, -0.1) is 0 Å². The summed E-state index contributed by atoms with van der Waals surface area (Å²) in [6.07, 6.45) is 0.832. The Morgan fingerprint density at radius 3 is 2.84 bits per heavy atom. The number of likely N-dealkylation sites (N-methyl/N-ethyl adjacent to an activating group) is 1. The fraction of sp³-hybridized carbons (Fsp3) is 0.533. The second kappa shape index (κ2) is 9.53. The van der Waals surface area contributed by atoms with E-state index in [0.29, 0.717) is 25.4 Å². The van der Waals surface area contributed by atoms with Gasteiger partial charge < -0.3 is 14.8 Å². The van der Waals surface area contributed by atoms with Crippen LogP contribution in [0.5, 0.6) is 0 Å². The summed E-state index contributed by atoms with van der Waals surface area (Å²) in [5.41, 5.74) is 1.57. The first-order chi connectivity index (χ1) is 9.27. The minimum atomic E-state index is -0.267. The summed E-state index contributed by atoms with van der Waals surface area (Å²) >= 11 is 0. The monoisotopic (exact) mass is 265 g/mol. The third kappa shape index (κ3) is 6.36. The molecule has 0 heterocycles. The summed E-state index contributed by atoms with van der Waals surface area (Å²) in [5.74, 6) is -0.267. The van der Waals surface area contributed by atoms with Gasteiger partial charge in [0.2, 0.25) is 0 Å². The molecular weight excluding hydrogens is 242 g/mol. The minimum Gasteiger partial charge on any atom is -0.462 e. The van der Waals surface area contributed by atoms with Crippen LogP contribution in [-0.4, -0.2) is 32.3 Å². The molecule has 0 unspecified atom stereocenters. The molecule has 0 saturated heterocycles. The predicted molar refractivity (Wildman–Crippen MR) is 75.2 cm³/mol. The van der Waals surface area contributed by atoms with Crippen molar-refractivity contribution in [2.45, 2.75) is 26.9 Å². The summed E-state index contributed by atoms with van der Waals surface area (Å²) in [6.45, 7) is 7.46. The van der Waals surface area contributed by atoms with Gasteiger partial charge in [0.05, 0.1) is 25.4 Å². The van der Waals surface area contributed by atoms with Crippen molar-refractivity contribution >= 4 is 5.97 Å². The van der Waals surface area contributed by atoms with Gasteiger partial charge in [0, 0.05) is 6.54 Å². The Balaban J connectivity index is 2.41. The van der Waals surface area contributed by atoms with Crippen molar-refractivity contribution in [2.75, 3.05) is 26.3 Å². The van der Waals surface area contributed by atoms with Crippen LogP contribution < -0.4 is 5.32 Å². The number of carbonyl (C=O) groups excluding carboxylic acids is 1. The zero-order valence-electron chi connectivity index (χ0n) is 11.8. The molecule has 1 N–H and O–H groups in total. The van der Waals surface area contributed by atoms with E-state index in [0.717, 1.165) is 25.1 Å². The van der Waals surface area contributed by atoms with Gasteiger partial charge in [0.15, 0.2) is 0 Å². The van der Waals surface area contributed by atoms with Crippen molar-refractivity contribution in [1.29, 1.82) is 0 Å². The summed E-state index contributed by atoms with van der Waals surface area (Å²) in [6, 6.07) is 7.39. The smallest absolute Gasteiger partial charge is 0.338 e. The van der Waals surface area contributed by atoms with Crippen molar-refractivity contribution in [2.24, 2.45) is 0 Å². The summed E-state index contributed by atoms with van der Waals surface area (Å²) in [4.78, 5) is 11.7. The van der Waals surface area contributed by atoms with E-state index in [4.69, 9.17) is 9.47 Å². The molecule has 19 heavy (non-hydrogen) atoms. The molecule has 1 aromatic carbocycles. The molecule has 0 atom stereocenters. The zero-order chi connectivity index (χ0) is 13.9. The normalized spacial score (nSPS) is 10.4. The average molecular weight is 265 g/mol. The van der Waals surface area contributed by atoms with Crippen LogP contribution in [0.2, 0.25) is 0 Å². The molecule has 0 saturated carbocycles. The van der Waals surface area contributed by atoms with Crippen molar-refractivity contribution in [3.05, 3.63) is 35.4 Å². The van der Waals surface area contributed by atoms with Gasteiger partial charge in [-0.1, -0.05) is 26.0 Å². The van der Waals surface area contributed by atoms with E-state index in [1.165, 1.54) is 0 Å². The first kappa shape index (κ1) is 15.7. The van der Waals surface area contributed by atoms with Crippen LogP contribution in [-0.2, 0) is 16.1 Å². The predicted octanol–water partition coefficient (Wildman–Crippen LogP) is 2.38. The number of carbonyl (C=O) groups is 1. The lowest BCUT2D eigenvalue weighted by molar-refractivity contribution is 0.0504. The lowest BCUT2D eigenvalue weighted by atomic mass is 10.1. The van der Waals surface area contributed by atoms with Gasteiger partial charge in [-0.2, -0.15) is 0 Å². The number of rotatable bonds is 9. The maximum absolute atomic E-state index is 11.7. The first-order valence-corrected chi connectivity index (χ1v) is 6.82. The molecule has 4 heteroatoms. The highest BCUT2D eigenvalue weighted by atomic mass is 16.5. The Hall–Kier alpha value is -1.39. The maximum Gasteiger partial charge on any atom is 0.338 e. The van der Waals surface area contributed by atoms with E-state index < -0.39 is 0 Å². The van der Waals surface area contributed by atoms with Crippen molar-refractivity contribution in [1.82, 2.24) is 5.32 Å². The van der Waals surface area contributed by atoms with Crippen LogP contribution >= 0.6 is 0 Å². The largest absolute Gasteiger partial charge is 0.462 e. The Kier molecular flexibility index (Phi) is 7.86. The van der Waals surface area contributed by atoms with E-state index >= 15 is 0 Å². The highest BCUT2D eigenvalue weighted by Crippen LogP contribution is 2.08. The lowest BCUT2D eigenvalue weighted by Gasteiger charge is -2.07. The summed E-state index contributed by atoms with van der Waals surface area (Å²) < 4.78 is 10.6. The number of hydrogen-bond acceptors (Lipinski definition) is 4. The van der Waals surface area contributed by atoms with Crippen LogP contribution in [0.15, 0.2) is 24.3 Å². The first-order valence-electron chi connectivity index (χ1n) is 6.82. The highest BCUT2D eigenvalue weighted by Gasteiger charge is 2.07. The molecule has 0 aliphatic heterocycles. The Labute approximate surface area is 115 Å². The minimum absolute atomic E-state index is 0.267. The Morgan fingerprint density at radius 2 is 2.11 bits per heavy atom. The van der Waals surface area contributed by atoms with Crippen molar-refractivity contribution in [3.8, 4) is 0 Å². The van der Waals surface area contributed by atoms with Gasteiger partial charge >= 0.3 is 5.97 Å². The molecular formula is C15H23NO3. The molecule has 0 aromatic heterocycles. The molecule has 0 amide bonds. The van der Waals surface area contributed by atoms with Gasteiger partial charge in [-0.25, -0.2) is 4.79 Å². The van der Waals surface area contributed by atoms with Gasteiger partial charge in [0.1, 0.15) is 0 Å². The van der Waals surface area contributed by atoms with E-state index in [1.807, 2.05) is 25.1 Å². The molecule has 0 aliphatic carbocycles. The van der Waals surface area contributed by atoms with Crippen LogP contribution in [0, 0.1) is 0 Å². The quantitative estimate of drug-likeness (QED) is 0.550. The van der Waals surface area contributed by atoms with Crippen LogP contribution in [0.4, 0.5) is 0 Å². The summed E-state index contributed by atoms with van der Waals surface area (Å²) in [5, 5.41) is 3.19. The highest BCUT2D eigenvalue weighted by molar-refractivity contribution is 5.89. The van der Waals surface area contributed by atoms with E-state index in [2.05, 4.69) is 12.2 Å². The average Bonchev–Trinajstić information content (AvgIpc) is 2.45. The second-order valence-corrected chi connectivity index (χ2v) is 4.24.